The van der Waals surface area contributed by atoms with E-state index in [1.807, 2.05) is 57.4 Å². The summed E-state index contributed by atoms with van der Waals surface area (Å²) in [6.45, 7) is 4.12. The summed E-state index contributed by atoms with van der Waals surface area (Å²) < 4.78 is 12.2. The molecule has 10 heteroatoms. The molecule has 0 unspecified atom stereocenters. The maximum absolute atomic E-state index is 13.6. The SMILES string of the molecule is Cc1ccc(OCC2CC2)cc1-c1ccc(C(=O)NC2(C(=O)O)CCCCC2)nc1-c1ccc(Cl)c(OCCCN(C)C)c1.Cl. The second-order valence-electron chi connectivity index (χ2n) is 12.4. The van der Waals surface area contributed by atoms with Gasteiger partial charge in [0.1, 0.15) is 22.7 Å². The number of carboxylic acids is 1. The van der Waals surface area contributed by atoms with E-state index in [4.69, 9.17) is 26.1 Å². The Morgan fingerprint density at radius 2 is 1.78 bits per heavy atom. The molecule has 2 aliphatic rings. The molecular formula is C35H43Cl2N3O5. The highest BCUT2D eigenvalue weighted by Gasteiger charge is 2.41. The third-order valence-electron chi connectivity index (χ3n) is 8.49. The fourth-order valence-electron chi connectivity index (χ4n) is 5.66. The van der Waals surface area contributed by atoms with Crippen LogP contribution in [0.5, 0.6) is 11.5 Å². The van der Waals surface area contributed by atoms with E-state index in [0.717, 1.165) is 60.2 Å². The van der Waals surface area contributed by atoms with Crippen LogP contribution in [0.2, 0.25) is 5.02 Å². The first-order valence-electron chi connectivity index (χ1n) is 15.5. The highest BCUT2D eigenvalue weighted by Crippen LogP contribution is 2.39. The number of ether oxygens (including phenoxy) is 2. The Morgan fingerprint density at radius 3 is 2.47 bits per heavy atom. The molecule has 3 aromatic rings. The third-order valence-corrected chi connectivity index (χ3v) is 8.80. The third kappa shape index (κ3) is 8.69. The Labute approximate surface area is 276 Å². The van der Waals surface area contributed by atoms with Gasteiger partial charge >= 0.3 is 5.97 Å². The Balaban J connectivity index is 0.00000461. The lowest BCUT2D eigenvalue weighted by Gasteiger charge is -2.33. The van der Waals surface area contributed by atoms with E-state index in [9.17, 15) is 14.7 Å². The van der Waals surface area contributed by atoms with Crippen molar-refractivity contribution in [1.29, 1.82) is 0 Å². The van der Waals surface area contributed by atoms with Crippen LogP contribution in [0.1, 0.15) is 67.4 Å². The number of aliphatic carboxylic acids is 1. The van der Waals surface area contributed by atoms with Gasteiger partial charge in [-0.15, -0.1) is 12.4 Å². The summed E-state index contributed by atoms with van der Waals surface area (Å²) in [6.07, 6.45) is 6.52. The zero-order valence-corrected chi connectivity index (χ0v) is 27.8. The van der Waals surface area contributed by atoms with Crippen LogP contribution in [0, 0.1) is 12.8 Å². The molecule has 0 spiro atoms. The molecule has 0 bridgehead atoms. The number of nitrogens with zero attached hydrogens (tertiary/aromatic N) is 2. The quantitative estimate of drug-likeness (QED) is 0.185. The summed E-state index contributed by atoms with van der Waals surface area (Å²) >= 11 is 6.54. The number of hydrogen-bond acceptors (Lipinski definition) is 6. The van der Waals surface area contributed by atoms with Crippen molar-refractivity contribution in [3.05, 3.63) is 64.8 Å². The minimum Gasteiger partial charge on any atom is -0.493 e. The minimum absolute atomic E-state index is 0. The fourth-order valence-corrected chi connectivity index (χ4v) is 5.83. The molecule has 2 saturated carbocycles. The predicted molar refractivity (Wildman–Crippen MR) is 180 cm³/mol. The van der Waals surface area contributed by atoms with Gasteiger partial charge in [-0.1, -0.05) is 43.0 Å². The highest BCUT2D eigenvalue weighted by molar-refractivity contribution is 6.32. The number of halogens is 2. The molecule has 1 aromatic heterocycles. The van der Waals surface area contributed by atoms with Crippen molar-refractivity contribution in [1.82, 2.24) is 15.2 Å². The highest BCUT2D eigenvalue weighted by atomic mass is 35.5. The first-order chi connectivity index (χ1) is 21.1. The lowest BCUT2D eigenvalue weighted by molar-refractivity contribution is -0.145. The summed E-state index contributed by atoms with van der Waals surface area (Å²) in [4.78, 5) is 32.8. The standard InChI is InChI=1S/C35H42ClN3O5.ClH/c1-23-8-12-26(44-22-24-9-10-24)21-28(23)27-13-15-30(33(40)38-35(34(41)42)16-5-4-6-17-35)37-32(27)25-11-14-29(36)31(20-25)43-19-7-18-39(2)3;/h8,11-15,20-21,24H,4-7,9-10,16-19,22H2,1-3H3,(H,38,40)(H,41,42);1H. The second-order valence-corrected chi connectivity index (χ2v) is 12.8. The number of amides is 1. The first-order valence-corrected chi connectivity index (χ1v) is 15.9. The fraction of sp³-hybridized carbons (Fsp3) is 0.457. The van der Waals surface area contributed by atoms with E-state index in [-0.39, 0.29) is 18.1 Å². The minimum atomic E-state index is -1.28. The molecule has 0 radical (unpaired) electrons. The number of aromatic nitrogens is 1. The van der Waals surface area contributed by atoms with Crippen molar-refractivity contribution < 1.29 is 24.2 Å². The van der Waals surface area contributed by atoms with Gasteiger partial charge in [0.25, 0.3) is 5.91 Å². The number of benzene rings is 2. The average molecular weight is 657 g/mol. The van der Waals surface area contributed by atoms with Crippen LogP contribution in [0.15, 0.2) is 48.5 Å². The number of pyridine rings is 1. The average Bonchev–Trinajstić information content (AvgIpc) is 3.84. The second kappa shape index (κ2) is 15.3. The van der Waals surface area contributed by atoms with Crippen molar-refractivity contribution in [3.8, 4) is 33.9 Å². The number of carbonyl (C=O) groups excluding carboxylic acids is 1. The molecule has 0 aliphatic heterocycles. The molecule has 2 fully saturated rings. The van der Waals surface area contributed by atoms with Gasteiger partial charge in [0, 0.05) is 17.7 Å². The predicted octanol–water partition coefficient (Wildman–Crippen LogP) is 7.44. The number of rotatable bonds is 13. The molecule has 1 amide bonds. The maximum Gasteiger partial charge on any atom is 0.329 e. The van der Waals surface area contributed by atoms with Crippen LogP contribution in [-0.4, -0.2) is 66.3 Å². The number of aryl methyl sites for hydroxylation is 1. The van der Waals surface area contributed by atoms with E-state index in [2.05, 4.69) is 10.2 Å². The van der Waals surface area contributed by atoms with E-state index >= 15 is 0 Å². The van der Waals surface area contributed by atoms with Crippen LogP contribution in [0.4, 0.5) is 0 Å². The van der Waals surface area contributed by atoms with Gasteiger partial charge in [-0.3, -0.25) is 4.79 Å². The van der Waals surface area contributed by atoms with E-state index in [1.165, 1.54) is 12.8 Å². The molecule has 5 rings (SSSR count). The number of hydrogen-bond donors (Lipinski definition) is 2. The van der Waals surface area contributed by atoms with Crippen molar-refractivity contribution in [3.63, 3.8) is 0 Å². The molecule has 242 valence electrons. The Hall–Kier alpha value is -3.33. The molecule has 2 N–H and O–H groups in total. The summed E-state index contributed by atoms with van der Waals surface area (Å²) in [7, 11) is 4.04. The Morgan fingerprint density at radius 1 is 1.02 bits per heavy atom. The zero-order valence-electron chi connectivity index (χ0n) is 26.2. The summed E-state index contributed by atoms with van der Waals surface area (Å²) in [6, 6.07) is 15.1. The maximum atomic E-state index is 13.6. The molecule has 2 aliphatic carbocycles. The van der Waals surface area contributed by atoms with Gasteiger partial charge in [0.05, 0.1) is 23.9 Å². The van der Waals surface area contributed by atoms with Crippen LogP contribution >= 0.6 is 24.0 Å². The van der Waals surface area contributed by atoms with Gasteiger partial charge in [0.15, 0.2) is 0 Å². The summed E-state index contributed by atoms with van der Waals surface area (Å²) in [5, 5.41) is 13.4. The van der Waals surface area contributed by atoms with Crippen LogP contribution in [0.25, 0.3) is 22.4 Å². The van der Waals surface area contributed by atoms with Gasteiger partial charge < -0.3 is 24.8 Å². The monoisotopic (exact) mass is 655 g/mol. The molecule has 0 atom stereocenters. The van der Waals surface area contributed by atoms with Crippen molar-refractivity contribution in [2.45, 2.75) is 63.8 Å². The van der Waals surface area contributed by atoms with Gasteiger partial charge in [-0.05, 0) is 107 Å². The lowest BCUT2D eigenvalue weighted by atomic mass is 9.81. The van der Waals surface area contributed by atoms with Crippen LogP contribution in [-0.2, 0) is 4.79 Å². The molecule has 0 saturated heterocycles. The van der Waals surface area contributed by atoms with Crippen molar-refractivity contribution >= 4 is 35.9 Å². The van der Waals surface area contributed by atoms with Gasteiger partial charge in [0.2, 0.25) is 0 Å². The largest absolute Gasteiger partial charge is 0.493 e. The van der Waals surface area contributed by atoms with E-state index in [0.29, 0.717) is 48.4 Å². The van der Waals surface area contributed by atoms with E-state index < -0.39 is 17.4 Å². The van der Waals surface area contributed by atoms with Gasteiger partial charge in [-0.2, -0.15) is 0 Å². The molecule has 2 aromatic carbocycles. The number of carbonyl (C=O) groups is 2. The topological polar surface area (TPSA) is 101 Å². The molecule has 8 nitrogen and oxygen atoms in total. The summed E-state index contributed by atoms with van der Waals surface area (Å²) in [5.74, 6) is 0.435. The Kier molecular flexibility index (Phi) is 11.7. The normalized spacial score (nSPS) is 15.7. The van der Waals surface area contributed by atoms with E-state index in [1.54, 1.807) is 12.1 Å². The molecule has 1 heterocycles. The van der Waals surface area contributed by atoms with Crippen molar-refractivity contribution in [2.24, 2.45) is 5.92 Å². The lowest BCUT2D eigenvalue weighted by Crippen LogP contribution is -2.55. The Bertz CT molecular complexity index is 1500. The zero-order chi connectivity index (χ0) is 31.3. The number of nitrogens with one attached hydrogen (secondary N) is 1. The smallest absolute Gasteiger partial charge is 0.329 e. The molecule has 45 heavy (non-hydrogen) atoms. The van der Waals surface area contributed by atoms with Crippen LogP contribution < -0.4 is 14.8 Å². The van der Waals surface area contributed by atoms with Gasteiger partial charge in [-0.25, -0.2) is 9.78 Å². The summed E-state index contributed by atoms with van der Waals surface area (Å²) in [5.41, 5.74) is 2.96. The molecular weight excluding hydrogens is 613 g/mol. The number of carboxylic acid groups (broad SMARTS) is 1. The first kappa shape index (κ1) is 34.5. The van der Waals surface area contributed by atoms with Crippen molar-refractivity contribution in [2.75, 3.05) is 33.9 Å². The van der Waals surface area contributed by atoms with Crippen LogP contribution in [0.3, 0.4) is 0 Å².